The van der Waals surface area contributed by atoms with Crippen LogP contribution in [0.15, 0.2) is 47.5 Å². The second-order valence-corrected chi connectivity index (χ2v) is 4.54. The Balaban J connectivity index is 2.31. The first-order valence-corrected chi connectivity index (χ1v) is 6.24. The van der Waals surface area contributed by atoms with Gasteiger partial charge in [0.15, 0.2) is 5.69 Å². The van der Waals surface area contributed by atoms with Gasteiger partial charge in [-0.1, -0.05) is 23.9 Å². The van der Waals surface area contributed by atoms with Crippen LogP contribution in [0.2, 0.25) is 0 Å². The van der Waals surface area contributed by atoms with E-state index in [0.717, 1.165) is 0 Å². The second-order valence-electron chi connectivity index (χ2n) is 3.51. The lowest BCUT2D eigenvalue weighted by Gasteiger charge is -2.11. The van der Waals surface area contributed by atoms with Gasteiger partial charge in [0, 0.05) is 11.1 Å². The number of rotatable bonds is 4. The predicted molar refractivity (Wildman–Crippen MR) is 70.5 cm³/mol. The molecular formula is C13H9F2N3S. The maximum absolute atomic E-state index is 12.5. The summed E-state index contributed by atoms with van der Waals surface area (Å²) in [4.78, 5) is 4.33. The summed E-state index contributed by atoms with van der Waals surface area (Å²) >= 11 is 0.459. The summed E-state index contributed by atoms with van der Waals surface area (Å²) in [5.41, 5.74) is 1.24. The molecule has 1 heterocycles. The summed E-state index contributed by atoms with van der Waals surface area (Å²) in [5, 5.41) is 11.9. The minimum atomic E-state index is -2.49. The molecule has 1 aromatic heterocycles. The summed E-state index contributed by atoms with van der Waals surface area (Å²) in [7, 11) is 0. The molecule has 0 saturated heterocycles. The molecule has 0 fully saturated rings. The molecule has 0 aliphatic rings. The molecule has 1 N–H and O–H groups in total. The van der Waals surface area contributed by atoms with Gasteiger partial charge in [0.25, 0.3) is 5.76 Å². The Hall–Kier alpha value is -2.13. The summed E-state index contributed by atoms with van der Waals surface area (Å²) in [6.07, 6.45) is 1.50. The van der Waals surface area contributed by atoms with Crippen LogP contribution in [0, 0.1) is 11.3 Å². The highest BCUT2D eigenvalue weighted by Crippen LogP contribution is 2.33. The number of nitrogens with one attached hydrogen (secondary N) is 1. The lowest BCUT2D eigenvalue weighted by atomic mass is 10.2. The van der Waals surface area contributed by atoms with Crippen molar-refractivity contribution >= 4 is 23.1 Å². The van der Waals surface area contributed by atoms with Crippen LogP contribution in [-0.4, -0.2) is 10.7 Å². The molecule has 0 aliphatic heterocycles. The van der Waals surface area contributed by atoms with Gasteiger partial charge < -0.3 is 5.32 Å². The summed E-state index contributed by atoms with van der Waals surface area (Å²) in [5.74, 6) is -2.49. The first kappa shape index (κ1) is 13.3. The summed E-state index contributed by atoms with van der Waals surface area (Å²) in [6, 6.07) is 12.0. The molecule has 19 heavy (non-hydrogen) atoms. The van der Waals surface area contributed by atoms with Crippen LogP contribution in [0.25, 0.3) is 0 Å². The van der Waals surface area contributed by atoms with Crippen LogP contribution in [-0.2, 0) is 0 Å². The highest BCUT2D eigenvalue weighted by atomic mass is 32.2. The third-order valence-corrected chi connectivity index (χ3v) is 3.07. The number of para-hydroxylation sites is 1. The van der Waals surface area contributed by atoms with E-state index in [1.54, 1.807) is 36.4 Å². The van der Waals surface area contributed by atoms with E-state index in [0.29, 0.717) is 28.0 Å². The number of pyridine rings is 1. The molecule has 0 amide bonds. The first-order chi connectivity index (χ1) is 9.20. The van der Waals surface area contributed by atoms with Gasteiger partial charge in [-0.25, -0.2) is 4.98 Å². The van der Waals surface area contributed by atoms with Crippen LogP contribution in [0.4, 0.5) is 20.2 Å². The molecule has 96 valence electrons. The second kappa shape index (κ2) is 6.16. The monoisotopic (exact) mass is 277 g/mol. The number of aromatic nitrogens is 1. The molecule has 3 nitrogen and oxygen atoms in total. The van der Waals surface area contributed by atoms with Crippen LogP contribution in [0.1, 0.15) is 5.69 Å². The molecule has 0 spiro atoms. The van der Waals surface area contributed by atoms with Crippen molar-refractivity contribution in [2.45, 2.75) is 10.7 Å². The van der Waals surface area contributed by atoms with E-state index in [1.807, 2.05) is 6.07 Å². The fourth-order valence-electron chi connectivity index (χ4n) is 1.51. The van der Waals surface area contributed by atoms with Crippen LogP contribution in [0.3, 0.4) is 0 Å². The van der Waals surface area contributed by atoms with Gasteiger partial charge in [-0.2, -0.15) is 14.0 Å². The largest absolute Gasteiger partial charge is 0.352 e. The Kier molecular flexibility index (Phi) is 4.31. The average Bonchev–Trinajstić information content (AvgIpc) is 2.41. The maximum atomic E-state index is 12.5. The van der Waals surface area contributed by atoms with Crippen molar-refractivity contribution in [2.24, 2.45) is 0 Å². The molecule has 2 rings (SSSR count). The fraction of sp³-hybridized carbons (Fsp3) is 0.0769. The number of halogens is 2. The topological polar surface area (TPSA) is 48.7 Å². The van der Waals surface area contributed by atoms with E-state index in [4.69, 9.17) is 5.26 Å². The average molecular weight is 277 g/mol. The molecule has 0 radical (unpaired) electrons. The Morgan fingerprint density at radius 3 is 2.63 bits per heavy atom. The molecule has 0 unspecified atom stereocenters. The van der Waals surface area contributed by atoms with E-state index >= 15 is 0 Å². The quantitative estimate of drug-likeness (QED) is 0.858. The van der Waals surface area contributed by atoms with Gasteiger partial charge >= 0.3 is 0 Å². The highest BCUT2D eigenvalue weighted by molar-refractivity contribution is 7.99. The molecule has 6 heteroatoms. The highest BCUT2D eigenvalue weighted by Gasteiger charge is 2.11. The zero-order chi connectivity index (χ0) is 13.7. The van der Waals surface area contributed by atoms with Crippen molar-refractivity contribution in [3.05, 3.63) is 48.3 Å². The van der Waals surface area contributed by atoms with Crippen molar-refractivity contribution in [3.8, 4) is 6.07 Å². The van der Waals surface area contributed by atoms with Gasteiger partial charge in [0.1, 0.15) is 6.07 Å². The number of thioether (sulfide) groups is 1. The Bertz CT molecular complexity index is 611. The normalized spacial score (nSPS) is 10.2. The third-order valence-electron chi connectivity index (χ3n) is 2.29. The predicted octanol–water partition coefficient (Wildman–Crippen LogP) is 4.01. The number of nitrogens with zero attached hydrogens (tertiary/aromatic N) is 2. The van der Waals surface area contributed by atoms with Crippen molar-refractivity contribution in [1.82, 2.24) is 4.98 Å². The molecule has 0 aliphatic carbocycles. The lowest BCUT2D eigenvalue weighted by Crippen LogP contribution is -1.97. The number of alkyl halides is 2. The van der Waals surface area contributed by atoms with Crippen LogP contribution >= 0.6 is 11.8 Å². The third kappa shape index (κ3) is 3.42. The van der Waals surface area contributed by atoms with E-state index in [1.165, 1.54) is 6.20 Å². The molecule has 0 saturated carbocycles. The van der Waals surface area contributed by atoms with Gasteiger partial charge in [0.05, 0.1) is 11.4 Å². The maximum Gasteiger partial charge on any atom is 0.288 e. The SMILES string of the molecule is N#Cc1ncccc1Nc1ccccc1SC(F)F. The van der Waals surface area contributed by atoms with Crippen molar-refractivity contribution in [2.75, 3.05) is 5.32 Å². The summed E-state index contributed by atoms with van der Waals surface area (Å²) < 4.78 is 24.9. The number of benzene rings is 1. The van der Waals surface area contributed by atoms with E-state index in [-0.39, 0.29) is 5.69 Å². The fourth-order valence-corrected chi connectivity index (χ4v) is 2.10. The van der Waals surface area contributed by atoms with Gasteiger partial charge in [-0.3, -0.25) is 0 Å². The van der Waals surface area contributed by atoms with E-state index in [2.05, 4.69) is 10.3 Å². The Morgan fingerprint density at radius 1 is 1.16 bits per heavy atom. The van der Waals surface area contributed by atoms with Crippen LogP contribution in [0.5, 0.6) is 0 Å². The zero-order valence-electron chi connectivity index (χ0n) is 9.68. The number of hydrogen-bond donors (Lipinski definition) is 1. The minimum absolute atomic E-state index is 0.222. The van der Waals surface area contributed by atoms with Gasteiger partial charge in [0.2, 0.25) is 0 Å². The van der Waals surface area contributed by atoms with Crippen molar-refractivity contribution in [3.63, 3.8) is 0 Å². The van der Waals surface area contributed by atoms with E-state index < -0.39 is 5.76 Å². The minimum Gasteiger partial charge on any atom is -0.352 e. The van der Waals surface area contributed by atoms with Crippen LogP contribution < -0.4 is 5.32 Å². The number of anilines is 2. The number of nitriles is 1. The van der Waals surface area contributed by atoms with E-state index in [9.17, 15) is 8.78 Å². The van der Waals surface area contributed by atoms with Crippen molar-refractivity contribution in [1.29, 1.82) is 5.26 Å². The molecule has 0 atom stereocenters. The summed E-state index contributed by atoms with van der Waals surface area (Å²) in [6.45, 7) is 0. The Morgan fingerprint density at radius 2 is 1.89 bits per heavy atom. The molecule has 2 aromatic rings. The molecule has 0 bridgehead atoms. The van der Waals surface area contributed by atoms with Crippen molar-refractivity contribution < 1.29 is 8.78 Å². The lowest BCUT2D eigenvalue weighted by molar-refractivity contribution is 0.252. The molecular weight excluding hydrogens is 268 g/mol. The standard InChI is InChI=1S/C13H9F2N3S/c14-13(15)19-12-6-2-1-4-10(12)18-9-5-3-7-17-11(9)8-16/h1-7,13,18H. The van der Waals surface area contributed by atoms with Gasteiger partial charge in [-0.15, -0.1) is 0 Å². The zero-order valence-corrected chi connectivity index (χ0v) is 10.5. The smallest absolute Gasteiger partial charge is 0.288 e. The molecule has 1 aromatic carbocycles. The van der Waals surface area contributed by atoms with Gasteiger partial charge in [-0.05, 0) is 24.3 Å². The number of hydrogen-bond acceptors (Lipinski definition) is 4. The Labute approximate surface area is 113 Å². The first-order valence-electron chi connectivity index (χ1n) is 5.36.